The van der Waals surface area contributed by atoms with Gasteiger partial charge in [0, 0.05) is 10.6 Å². The summed E-state index contributed by atoms with van der Waals surface area (Å²) >= 11 is 5.67. The molecule has 54 valence electrons. The van der Waals surface area contributed by atoms with E-state index in [-0.39, 0.29) is 0 Å². The summed E-state index contributed by atoms with van der Waals surface area (Å²) in [6, 6.07) is 4.98. The first-order chi connectivity index (χ1) is 5.11. The molecule has 0 atom stereocenters. The monoisotopic (exact) mass is 164 g/mol. The summed E-state index contributed by atoms with van der Waals surface area (Å²) in [5.74, 6) is 0. The highest BCUT2D eigenvalue weighted by atomic mass is 35.5. The molecule has 0 spiro atoms. The minimum absolute atomic E-state index is 0.417. The van der Waals surface area contributed by atoms with Crippen LogP contribution < -0.4 is 0 Å². The summed E-state index contributed by atoms with van der Waals surface area (Å²) in [5.41, 5.74) is 0.915. The fourth-order valence-corrected chi connectivity index (χ4v) is 1.13. The van der Waals surface area contributed by atoms with E-state index in [2.05, 4.69) is 0 Å². The molecule has 0 unspecified atom stereocenters. The maximum absolute atomic E-state index is 10.7. The van der Waals surface area contributed by atoms with Gasteiger partial charge in [-0.25, -0.2) is 0 Å². The molecule has 0 heterocycles. The normalized spacial score (nSPS) is 9.64. The number of carbonyl (C=O) groups excluding carboxylic acids is 1. The van der Waals surface area contributed by atoms with Gasteiger partial charge in [-0.05, 0) is 24.6 Å². The van der Waals surface area contributed by atoms with Crippen molar-refractivity contribution in [3.63, 3.8) is 0 Å². The van der Waals surface area contributed by atoms with Crippen LogP contribution in [0, 0.1) is 6.92 Å². The van der Waals surface area contributed by atoms with Gasteiger partial charge in [-0.1, -0.05) is 17.7 Å². The zero-order valence-electron chi connectivity index (χ0n) is 6.10. The molecule has 0 saturated carbocycles. The molecule has 0 amide bonds. The second-order valence-electron chi connectivity index (χ2n) is 2.32. The first-order valence-electron chi connectivity index (χ1n) is 3.17. The Kier molecular flexibility index (Phi) is 2.35. The molecular formula is C8H6BClO. The maximum atomic E-state index is 10.7. The van der Waals surface area contributed by atoms with Crippen molar-refractivity contribution in [1.29, 1.82) is 0 Å². The molecule has 0 N–H and O–H groups in total. The Bertz CT molecular complexity index is 296. The van der Waals surface area contributed by atoms with Gasteiger partial charge < -0.3 is 4.79 Å². The highest BCUT2D eigenvalue weighted by Gasteiger charge is 2.01. The van der Waals surface area contributed by atoms with Crippen LogP contribution in [0.4, 0.5) is 0 Å². The molecule has 0 aliphatic rings. The van der Waals surface area contributed by atoms with E-state index in [1.165, 1.54) is 0 Å². The lowest BCUT2D eigenvalue weighted by Crippen LogP contribution is -1.99. The number of hydrogen-bond acceptors (Lipinski definition) is 1. The predicted octanol–water partition coefficient (Wildman–Crippen LogP) is 1.96. The zero-order chi connectivity index (χ0) is 8.43. The number of benzene rings is 1. The van der Waals surface area contributed by atoms with Crippen LogP contribution in [0.2, 0.25) is 5.02 Å². The zero-order valence-corrected chi connectivity index (χ0v) is 6.85. The molecule has 1 nitrogen and oxygen atoms in total. The molecule has 1 aromatic carbocycles. The third kappa shape index (κ3) is 1.84. The highest BCUT2D eigenvalue weighted by molar-refractivity contribution is 6.62. The van der Waals surface area contributed by atoms with E-state index in [1.54, 1.807) is 25.1 Å². The second-order valence-corrected chi connectivity index (χ2v) is 2.76. The van der Waals surface area contributed by atoms with Gasteiger partial charge in [0.25, 0.3) is 0 Å². The Hall–Kier alpha value is -0.755. The lowest BCUT2D eigenvalue weighted by molar-refractivity contribution is 0.108. The Morgan fingerprint density at radius 2 is 2.18 bits per heavy atom. The molecule has 0 saturated heterocycles. The topological polar surface area (TPSA) is 17.1 Å². The van der Waals surface area contributed by atoms with Gasteiger partial charge >= 0.3 is 0 Å². The van der Waals surface area contributed by atoms with E-state index in [9.17, 15) is 4.79 Å². The molecule has 2 radical (unpaired) electrons. The minimum Gasteiger partial charge on any atom is -0.307 e. The Labute approximate surface area is 71.8 Å². The molecule has 0 bridgehead atoms. The highest BCUT2D eigenvalue weighted by Crippen LogP contribution is 2.14. The SMILES string of the molecule is [B]C(=O)c1ccc(Cl)cc1C. The van der Waals surface area contributed by atoms with E-state index in [4.69, 9.17) is 19.4 Å². The molecule has 3 heteroatoms. The average Bonchev–Trinajstić information content (AvgIpc) is 1.85. The molecule has 0 aromatic heterocycles. The van der Waals surface area contributed by atoms with Gasteiger partial charge in [0.05, 0.1) is 0 Å². The van der Waals surface area contributed by atoms with Crippen LogP contribution in [0.25, 0.3) is 0 Å². The third-order valence-electron chi connectivity index (χ3n) is 1.45. The van der Waals surface area contributed by atoms with E-state index < -0.39 is 5.68 Å². The lowest BCUT2D eigenvalue weighted by atomic mass is 9.92. The maximum Gasteiger partial charge on any atom is 0.175 e. The smallest absolute Gasteiger partial charge is 0.175 e. The molecule has 0 fully saturated rings. The number of rotatable bonds is 1. The van der Waals surface area contributed by atoms with Crippen molar-refractivity contribution >= 4 is 25.1 Å². The van der Waals surface area contributed by atoms with Gasteiger partial charge in [-0.3, -0.25) is 0 Å². The number of aryl methyl sites for hydroxylation is 1. The first kappa shape index (κ1) is 8.34. The van der Waals surface area contributed by atoms with Crippen LogP contribution >= 0.6 is 11.6 Å². The van der Waals surface area contributed by atoms with Gasteiger partial charge in [0.1, 0.15) is 5.68 Å². The number of halogens is 1. The van der Waals surface area contributed by atoms with Crippen molar-refractivity contribution in [1.82, 2.24) is 0 Å². The summed E-state index contributed by atoms with van der Waals surface area (Å²) < 4.78 is 0. The summed E-state index contributed by atoms with van der Waals surface area (Å²) in [6.45, 7) is 1.80. The fourth-order valence-electron chi connectivity index (χ4n) is 0.904. The van der Waals surface area contributed by atoms with Gasteiger partial charge in [0.15, 0.2) is 7.85 Å². The van der Waals surface area contributed by atoms with Crippen molar-refractivity contribution < 1.29 is 4.79 Å². The van der Waals surface area contributed by atoms with Crippen LogP contribution in [0.5, 0.6) is 0 Å². The van der Waals surface area contributed by atoms with E-state index in [1.807, 2.05) is 0 Å². The third-order valence-corrected chi connectivity index (χ3v) is 1.69. The quantitative estimate of drug-likeness (QED) is 0.580. The molecule has 0 aliphatic heterocycles. The first-order valence-corrected chi connectivity index (χ1v) is 3.55. The van der Waals surface area contributed by atoms with E-state index >= 15 is 0 Å². The van der Waals surface area contributed by atoms with Crippen molar-refractivity contribution in [2.75, 3.05) is 0 Å². The van der Waals surface area contributed by atoms with Crippen molar-refractivity contribution in [2.24, 2.45) is 0 Å². The summed E-state index contributed by atoms with van der Waals surface area (Å²) in [4.78, 5) is 10.7. The van der Waals surface area contributed by atoms with Gasteiger partial charge in [0.2, 0.25) is 0 Å². The Morgan fingerprint density at radius 3 is 2.64 bits per heavy atom. The van der Waals surface area contributed by atoms with Crippen LogP contribution in [-0.4, -0.2) is 13.5 Å². The van der Waals surface area contributed by atoms with Crippen molar-refractivity contribution in [3.8, 4) is 0 Å². The predicted molar refractivity (Wildman–Crippen MR) is 46.3 cm³/mol. The summed E-state index contributed by atoms with van der Waals surface area (Å²) in [5, 5.41) is 0.618. The minimum atomic E-state index is -0.417. The molecule has 11 heavy (non-hydrogen) atoms. The molecule has 1 aromatic rings. The lowest BCUT2D eigenvalue weighted by Gasteiger charge is -2.00. The van der Waals surface area contributed by atoms with Crippen LogP contribution in [0.3, 0.4) is 0 Å². The van der Waals surface area contributed by atoms with Crippen LogP contribution in [0.15, 0.2) is 18.2 Å². The van der Waals surface area contributed by atoms with E-state index in [0.717, 1.165) is 5.56 Å². The van der Waals surface area contributed by atoms with Crippen LogP contribution in [-0.2, 0) is 0 Å². The number of carbonyl (C=O) groups is 1. The standard InChI is InChI=1S/C8H6BClO/c1-5-4-6(10)2-3-7(5)8(9)11/h2-4H,1H3. The largest absolute Gasteiger partial charge is 0.307 e. The molecule has 0 aliphatic carbocycles. The molecular weight excluding hydrogens is 158 g/mol. The van der Waals surface area contributed by atoms with Crippen LogP contribution in [0.1, 0.15) is 15.9 Å². The summed E-state index contributed by atoms with van der Waals surface area (Å²) in [6.07, 6.45) is 0. The van der Waals surface area contributed by atoms with Crippen molar-refractivity contribution in [3.05, 3.63) is 34.3 Å². The fraction of sp³-hybridized carbons (Fsp3) is 0.125. The average molecular weight is 164 g/mol. The van der Waals surface area contributed by atoms with Crippen molar-refractivity contribution in [2.45, 2.75) is 6.92 Å². The van der Waals surface area contributed by atoms with Gasteiger partial charge in [-0.2, -0.15) is 0 Å². The van der Waals surface area contributed by atoms with Gasteiger partial charge in [-0.15, -0.1) is 0 Å². The number of hydrogen-bond donors (Lipinski definition) is 0. The summed E-state index contributed by atoms with van der Waals surface area (Å²) in [7, 11) is 5.08. The van der Waals surface area contributed by atoms with E-state index in [0.29, 0.717) is 10.6 Å². The Balaban J connectivity index is 3.20. The molecule has 1 rings (SSSR count). The Morgan fingerprint density at radius 1 is 1.55 bits per heavy atom. The second kappa shape index (κ2) is 3.10.